The maximum atomic E-state index is 13.4. The standard InChI is InChI=1S/C24H34IN5O2S/c1-24(2,3)20(28-22(32)27-19-7-5-17(15-25)6-8-19)21(31)29-11-9-18(10-12-29)16-30-13-14-33-23(30)26-4/h5-8,13-14,18,20H,9-12,15-16H2,1-4H3,(H2,27,28,32)/t20-/m0/s1. The van der Waals surface area contributed by atoms with Crippen LogP contribution in [0, 0.1) is 11.3 Å². The van der Waals surface area contributed by atoms with Crippen LogP contribution in [0.5, 0.6) is 0 Å². The van der Waals surface area contributed by atoms with Gasteiger partial charge in [-0.05, 0) is 41.9 Å². The van der Waals surface area contributed by atoms with Crippen LogP contribution in [-0.2, 0) is 15.8 Å². The zero-order valence-corrected chi connectivity index (χ0v) is 22.8. The molecule has 1 aliphatic heterocycles. The number of urea groups is 1. The third-order valence-electron chi connectivity index (χ3n) is 5.99. The number of amides is 3. The molecule has 0 saturated carbocycles. The van der Waals surface area contributed by atoms with Gasteiger partial charge in [-0.15, -0.1) is 11.3 Å². The van der Waals surface area contributed by atoms with Crippen molar-refractivity contribution in [2.45, 2.75) is 50.6 Å². The average molecular weight is 584 g/mol. The second kappa shape index (κ2) is 11.5. The minimum absolute atomic E-state index is 0.0104. The van der Waals surface area contributed by atoms with E-state index >= 15 is 0 Å². The monoisotopic (exact) mass is 583 g/mol. The summed E-state index contributed by atoms with van der Waals surface area (Å²) in [6.07, 6.45) is 3.98. The van der Waals surface area contributed by atoms with Crippen molar-refractivity contribution >= 4 is 51.6 Å². The summed E-state index contributed by atoms with van der Waals surface area (Å²) in [6, 6.07) is 6.79. The van der Waals surface area contributed by atoms with Crippen LogP contribution in [0.1, 0.15) is 39.2 Å². The van der Waals surface area contributed by atoms with Crippen molar-refractivity contribution in [3.8, 4) is 0 Å². The van der Waals surface area contributed by atoms with Crippen LogP contribution in [0.25, 0.3) is 0 Å². The van der Waals surface area contributed by atoms with Gasteiger partial charge >= 0.3 is 6.03 Å². The molecule has 7 nitrogen and oxygen atoms in total. The third-order valence-corrected chi connectivity index (χ3v) is 7.75. The molecule has 1 atom stereocenters. The number of thiazole rings is 1. The van der Waals surface area contributed by atoms with Gasteiger partial charge in [-0.25, -0.2) is 4.79 Å². The number of nitrogens with one attached hydrogen (secondary N) is 2. The van der Waals surface area contributed by atoms with E-state index in [-0.39, 0.29) is 11.9 Å². The van der Waals surface area contributed by atoms with E-state index in [9.17, 15) is 9.59 Å². The van der Waals surface area contributed by atoms with Crippen LogP contribution in [0.15, 0.2) is 40.8 Å². The Labute approximate surface area is 213 Å². The second-order valence-corrected chi connectivity index (χ2v) is 11.2. The molecular weight excluding hydrogens is 549 g/mol. The quantitative estimate of drug-likeness (QED) is 0.389. The Balaban J connectivity index is 1.58. The number of hydrogen-bond acceptors (Lipinski definition) is 4. The van der Waals surface area contributed by atoms with E-state index < -0.39 is 11.5 Å². The number of carbonyl (C=O) groups excluding carboxylic acids is 2. The molecule has 0 radical (unpaired) electrons. The zero-order chi connectivity index (χ0) is 24.0. The number of anilines is 1. The Bertz CT molecular complexity index is 1000. The number of piperidine rings is 1. The fourth-order valence-corrected chi connectivity index (χ4v) is 5.25. The summed E-state index contributed by atoms with van der Waals surface area (Å²) in [5.41, 5.74) is 1.51. The van der Waals surface area contributed by atoms with Gasteiger partial charge in [-0.2, -0.15) is 0 Å². The summed E-state index contributed by atoms with van der Waals surface area (Å²) >= 11 is 3.95. The van der Waals surface area contributed by atoms with Crippen LogP contribution in [0.2, 0.25) is 0 Å². The Kier molecular flexibility index (Phi) is 8.97. The fraction of sp³-hybridized carbons (Fsp3) is 0.542. The first kappa shape index (κ1) is 25.7. The van der Waals surface area contributed by atoms with Crippen LogP contribution in [0.3, 0.4) is 0 Å². The van der Waals surface area contributed by atoms with Crippen molar-refractivity contribution in [3.05, 3.63) is 46.2 Å². The predicted molar refractivity (Wildman–Crippen MR) is 143 cm³/mol. The minimum atomic E-state index is -0.598. The van der Waals surface area contributed by atoms with E-state index in [1.807, 2.05) is 57.0 Å². The Morgan fingerprint density at radius 3 is 2.45 bits per heavy atom. The Morgan fingerprint density at radius 1 is 1.21 bits per heavy atom. The molecule has 9 heteroatoms. The van der Waals surface area contributed by atoms with Gasteiger partial charge in [0.05, 0.1) is 0 Å². The SMILES string of the molecule is CN=c1sccn1CC1CCN(C(=O)[C@H](NC(=O)Nc2ccc(CI)cc2)C(C)(C)C)CC1. The molecule has 2 N–H and O–H groups in total. The van der Waals surface area contributed by atoms with Crippen LogP contribution in [-0.4, -0.2) is 47.6 Å². The highest BCUT2D eigenvalue weighted by Gasteiger charge is 2.37. The summed E-state index contributed by atoms with van der Waals surface area (Å²) in [5.74, 6) is 0.507. The number of likely N-dealkylation sites (tertiary alicyclic amines) is 1. The highest BCUT2D eigenvalue weighted by molar-refractivity contribution is 14.1. The molecule has 0 unspecified atom stereocenters. The number of halogens is 1. The topological polar surface area (TPSA) is 78.7 Å². The molecule has 1 aromatic heterocycles. The van der Waals surface area contributed by atoms with Gasteiger partial charge < -0.3 is 20.1 Å². The summed E-state index contributed by atoms with van der Waals surface area (Å²) in [5, 5.41) is 7.86. The van der Waals surface area contributed by atoms with Crippen molar-refractivity contribution in [2.24, 2.45) is 16.3 Å². The highest BCUT2D eigenvalue weighted by atomic mass is 127. The molecule has 2 aromatic rings. The summed E-state index contributed by atoms with van der Waals surface area (Å²) in [4.78, 5) is 33.4. The number of nitrogens with zero attached hydrogens (tertiary/aromatic N) is 3. The summed E-state index contributed by atoms with van der Waals surface area (Å²) in [6.45, 7) is 8.31. The smallest absolute Gasteiger partial charge is 0.319 e. The van der Waals surface area contributed by atoms with Gasteiger partial charge in [0, 0.05) is 48.4 Å². The van der Waals surface area contributed by atoms with E-state index in [0.29, 0.717) is 24.7 Å². The fourth-order valence-electron chi connectivity index (χ4n) is 4.04. The number of carbonyl (C=O) groups is 2. The van der Waals surface area contributed by atoms with Crippen molar-refractivity contribution < 1.29 is 9.59 Å². The van der Waals surface area contributed by atoms with Gasteiger partial charge in [-0.3, -0.25) is 9.79 Å². The van der Waals surface area contributed by atoms with Crippen LogP contribution < -0.4 is 15.4 Å². The lowest BCUT2D eigenvalue weighted by atomic mass is 9.85. The van der Waals surface area contributed by atoms with E-state index in [1.54, 1.807) is 11.3 Å². The van der Waals surface area contributed by atoms with Crippen LogP contribution >= 0.6 is 33.9 Å². The lowest BCUT2D eigenvalue weighted by Gasteiger charge is -2.38. The van der Waals surface area contributed by atoms with Gasteiger partial charge in [0.2, 0.25) is 5.91 Å². The number of hydrogen-bond donors (Lipinski definition) is 2. The van der Waals surface area contributed by atoms with Gasteiger partial charge in [0.25, 0.3) is 0 Å². The van der Waals surface area contributed by atoms with Crippen molar-refractivity contribution in [2.75, 3.05) is 25.5 Å². The highest BCUT2D eigenvalue weighted by Crippen LogP contribution is 2.25. The molecule has 1 saturated heterocycles. The van der Waals surface area contributed by atoms with Gasteiger partial charge in [0.1, 0.15) is 6.04 Å². The molecule has 0 bridgehead atoms. The molecule has 3 rings (SSSR count). The second-order valence-electron chi connectivity index (χ2n) is 9.56. The molecule has 2 heterocycles. The summed E-state index contributed by atoms with van der Waals surface area (Å²) < 4.78 is 3.12. The molecule has 0 spiro atoms. The average Bonchev–Trinajstić information content (AvgIpc) is 3.24. The van der Waals surface area contributed by atoms with Crippen molar-refractivity contribution in [3.63, 3.8) is 0 Å². The van der Waals surface area contributed by atoms with Gasteiger partial charge in [-0.1, -0.05) is 55.5 Å². The van der Waals surface area contributed by atoms with Crippen LogP contribution in [0.4, 0.5) is 10.5 Å². The normalized spacial score (nSPS) is 16.5. The molecule has 1 aromatic carbocycles. The maximum absolute atomic E-state index is 13.4. The van der Waals surface area contributed by atoms with Crippen molar-refractivity contribution in [1.29, 1.82) is 0 Å². The summed E-state index contributed by atoms with van der Waals surface area (Å²) in [7, 11) is 1.82. The van der Waals surface area contributed by atoms with Gasteiger partial charge in [0.15, 0.2) is 4.80 Å². The number of rotatable bonds is 6. The minimum Gasteiger partial charge on any atom is -0.341 e. The molecular formula is C24H34IN5O2S. The lowest BCUT2D eigenvalue weighted by Crippen LogP contribution is -2.56. The lowest BCUT2D eigenvalue weighted by molar-refractivity contribution is -0.137. The predicted octanol–water partition coefficient (Wildman–Crippen LogP) is 4.49. The van der Waals surface area contributed by atoms with Crippen molar-refractivity contribution in [1.82, 2.24) is 14.8 Å². The molecule has 33 heavy (non-hydrogen) atoms. The zero-order valence-electron chi connectivity index (χ0n) is 19.8. The van der Waals surface area contributed by atoms with E-state index in [2.05, 4.69) is 54.4 Å². The Morgan fingerprint density at radius 2 is 1.88 bits per heavy atom. The molecule has 3 amide bonds. The number of aromatic nitrogens is 1. The molecule has 1 aliphatic rings. The van der Waals surface area contributed by atoms with E-state index in [4.69, 9.17) is 0 Å². The molecule has 1 fully saturated rings. The molecule has 180 valence electrons. The van der Waals surface area contributed by atoms with E-state index in [0.717, 1.165) is 28.6 Å². The first-order valence-corrected chi connectivity index (χ1v) is 13.7. The Hall–Kier alpha value is -1.88. The van der Waals surface area contributed by atoms with E-state index in [1.165, 1.54) is 5.56 Å². The third kappa shape index (κ3) is 7.05. The largest absolute Gasteiger partial charge is 0.341 e. The number of benzene rings is 1. The molecule has 0 aliphatic carbocycles. The maximum Gasteiger partial charge on any atom is 0.319 e. The number of alkyl halides is 1. The first-order chi connectivity index (χ1) is 15.7. The first-order valence-electron chi connectivity index (χ1n) is 11.3.